The van der Waals surface area contributed by atoms with Gasteiger partial charge in [0, 0.05) is 12.6 Å². The maximum Gasteiger partial charge on any atom is 0.261 e. The summed E-state index contributed by atoms with van der Waals surface area (Å²) in [5.74, 6) is 0.692. The molecule has 0 unspecified atom stereocenters. The van der Waals surface area contributed by atoms with Crippen LogP contribution in [0.5, 0.6) is 11.5 Å². The smallest absolute Gasteiger partial charge is 0.261 e. The van der Waals surface area contributed by atoms with E-state index in [1.165, 1.54) is 25.1 Å². The lowest BCUT2D eigenvalue weighted by Gasteiger charge is -2.11. The molecular weight excluding hydrogens is 346 g/mol. The van der Waals surface area contributed by atoms with Crippen molar-refractivity contribution in [2.24, 2.45) is 0 Å². The van der Waals surface area contributed by atoms with Gasteiger partial charge in [-0.2, -0.15) is 0 Å². The van der Waals surface area contributed by atoms with Gasteiger partial charge in [-0.15, -0.1) is 0 Å². The van der Waals surface area contributed by atoms with Gasteiger partial charge in [0.2, 0.25) is 5.91 Å². The molecule has 3 rings (SSSR count). The van der Waals surface area contributed by atoms with E-state index in [1.807, 2.05) is 30.3 Å². The van der Waals surface area contributed by atoms with Gasteiger partial charge in [0.25, 0.3) is 5.56 Å². The largest absolute Gasteiger partial charge is 0.493 e. The van der Waals surface area contributed by atoms with Crippen molar-refractivity contribution in [3.05, 3.63) is 64.7 Å². The summed E-state index contributed by atoms with van der Waals surface area (Å²) in [7, 11) is 3.02. The minimum absolute atomic E-state index is 0.0924. The third kappa shape index (κ3) is 4.25. The van der Waals surface area contributed by atoms with E-state index in [0.717, 1.165) is 12.0 Å². The Kier molecular flexibility index (Phi) is 5.71. The van der Waals surface area contributed by atoms with Crippen molar-refractivity contribution in [2.45, 2.75) is 13.0 Å². The zero-order chi connectivity index (χ0) is 19.2. The molecule has 0 saturated carbocycles. The molecule has 0 bridgehead atoms. The minimum Gasteiger partial charge on any atom is -0.493 e. The number of hydrogen-bond donors (Lipinski definition) is 1. The van der Waals surface area contributed by atoms with Crippen molar-refractivity contribution in [3.63, 3.8) is 0 Å². The second-order valence-electron chi connectivity index (χ2n) is 5.99. The molecule has 3 aromatic rings. The summed E-state index contributed by atoms with van der Waals surface area (Å²) in [5.41, 5.74) is 1.32. The van der Waals surface area contributed by atoms with Crippen molar-refractivity contribution in [1.82, 2.24) is 14.9 Å². The molecule has 0 aliphatic rings. The molecule has 7 heteroatoms. The summed E-state index contributed by atoms with van der Waals surface area (Å²) in [6.07, 6.45) is 2.10. The SMILES string of the molecule is COc1cc2ncn(CC(=O)NCCc3ccccc3)c(=O)c2cc1OC. The predicted molar refractivity (Wildman–Crippen MR) is 102 cm³/mol. The topological polar surface area (TPSA) is 82.5 Å². The molecule has 2 aromatic carbocycles. The van der Waals surface area contributed by atoms with Crippen molar-refractivity contribution in [1.29, 1.82) is 0 Å². The number of amides is 1. The van der Waals surface area contributed by atoms with Crippen LogP contribution in [0.1, 0.15) is 5.56 Å². The van der Waals surface area contributed by atoms with Gasteiger partial charge in [-0.05, 0) is 18.1 Å². The van der Waals surface area contributed by atoms with Crippen LogP contribution in [0, 0.1) is 0 Å². The third-order valence-electron chi connectivity index (χ3n) is 4.22. The first-order chi connectivity index (χ1) is 13.1. The van der Waals surface area contributed by atoms with Crippen molar-refractivity contribution >= 4 is 16.8 Å². The molecule has 1 N–H and O–H groups in total. The highest BCUT2D eigenvalue weighted by molar-refractivity contribution is 5.82. The summed E-state index contributed by atoms with van der Waals surface area (Å²) >= 11 is 0. The number of rotatable bonds is 7. The Morgan fingerprint density at radius 2 is 1.81 bits per heavy atom. The highest BCUT2D eigenvalue weighted by atomic mass is 16.5. The van der Waals surface area contributed by atoms with Crippen molar-refractivity contribution in [2.75, 3.05) is 20.8 Å². The van der Waals surface area contributed by atoms with Gasteiger partial charge >= 0.3 is 0 Å². The van der Waals surface area contributed by atoms with Crippen molar-refractivity contribution in [3.8, 4) is 11.5 Å². The Bertz CT molecular complexity index is 999. The number of benzene rings is 2. The lowest BCUT2D eigenvalue weighted by molar-refractivity contribution is -0.121. The van der Waals surface area contributed by atoms with E-state index in [-0.39, 0.29) is 18.0 Å². The van der Waals surface area contributed by atoms with E-state index < -0.39 is 0 Å². The van der Waals surface area contributed by atoms with Crippen LogP contribution in [-0.2, 0) is 17.8 Å². The van der Waals surface area contributed by atoms with E-state index in [9.17, 15) is 9.59 Å². The minimum atomic E-state index is -0.306. The molecule has 0 radical (unpaired) electrons. The summed E-state index contributed by atoms with van der Waals surface area (Å²) < 4.78 is 11.7. The number of carbonyl (C=O) groups excluding carboxylic acids is 1. The molecule has 0 spiro atoms. The highest BCUT2D eigenvalue weighted by Gasteiger charge is 2.12. The van der Waals surface area contributed by atoms with E-state index in [2.05, 4.69) is 10.3 Å². The summed E-state index contributed by atoms with van der Waals surface area (Å²) in [6.45, 7) is 0.411. The van der Waals surface area contributed by atoms with Gasteiger partial charge in [0.05, 0.1) is 31.4 Å². The Labute approximate surface area is 156 Å². The molecule has 140 valence electrons. The van der Waals surface area contributed by atoms with Crippen LogP contribution in [0.3, 0.4) is 0 Å². The average molecular weight is 367 g/mol. The van der Waals surface area contributed by atoms with Crippen LogP contribution in [0.4, 0.5) is 0 Å². The van der Waals surface area contributed by atoms with E-state index in [0.29, 0.717) is 28.9 Å². The number of ether oxygens (including phenoxy) is 2. The van der Waals surface area contributed by atoms with Gasteiger partial charge in [0.1, 0.15) is 6.54 Å². The van der Waals surface area contributed by atoms with Gasteiger partial charge < -0.3 is 14.8 Å². The van der Waals surface area contributed by atoms with E-state index >= 15 is 0 Å². The van der Waals surface area contributed by atoms with Gasteiger partial charge in [-0.25, -0.2) is 4.98 Å². The standard InChI is InChI=1S/C20H21N3O4/c1-26-17-10-15-16(11-18(17)27-2)22-13-23(20(15)25)12-19(24)21-9-8-14-6-4-3-5-7-14/h3-7,10-11,13H,8-9,12H2,1-2H3,(H,21,24). The Hall–Kier alpha value is -3.35. The maximum absolute atomic E-state index is 12.7. The number of fused-ring (bicyclic) bond motifs is 1. The number of hydrogen-bond acceptors (Lipinski definition) is 5. The molecule has 0 fully saturated rings. The third-order valence-corrected chi connectivity index (χ3v) is 4.22. The summed E-state index contributed by atoms with van der Waals surface area (Å²) in [4.78, 5) is 29.1. The molecule has 0 atom stereocenters. The van der Waals surface area contributed by atoms with Crippen molar-refractivity contribution < 1.29 is 14.3 Å². The fraction of sp³-hybridized carbons (Fsp3) is 0.250. The number of nitrogens with zero attached hydrogens (tertiary/aromatic N) is 2. The van der Waals surface area contributed by atoms with Crippen LogP contribution in [0.25, 0.3) is 10.9 Å². The van der Waals surface area contributed by atoms with Crippen LogP contribution < -0.4 is 20.3 Å². The van der Waals surface area contributed by atoms with Gasteiger partial charge in [0.15, 0.2) is 11.5 Å². The number of nitrogens with one attached hydrogen (secondary N) is 1. The second-order valence-corrected chi connectivity index (χ2v) is 5.99. The molecule has 1 aromatic heterocycles. The molecule has 7 nitrogen and oxygen atoms in total. The number of carbonyl (C=O) groups is 1. The maximum atomic E-state index is 12.7. The van der Waals surface area contributed by atoms with E-state index in [4.69, 9.17) is 9.47 Å². The Morgan fingerprint density at radius 1 is 1.11 bits per heavy atom. The Morgan fingerprint density at radius 3 is 2.52 bits per heavy atom. The van der Waals surface area contributed by atoms with Gasteiger partial charge in [-0.3, -0.25) is 14.2 Å². The van der Waals surface area contributed by atoms with E-state index in [1.54, 1.807) is 12.1 Å². The summed E-state index contributed by atoms with van der Waals surface area (Å²) in [6, 6.07) is 13.1. The first kappa shape index (κ1) is 18.4. The first-order valence-electron chi connectivity index (χ1n) is 8.54. The lowest BCUT2D eigenvalue weighted by atomic mass is 10.1. The number of aromatic nitrogens is 2. The molecule has 0 aliphatic heterocycles. The Balaban J connectivity index is 1.71. The fourth-order valence-electron chi connectivity index (χ4n) is 2.80. The van der Waals surface area contributed by atoms with Crippen LogP contribution in [-0.4, -0.2) is 36.2 Å². The van der Waals surface area contributed by atoms with Crippen LogP contribution >= 0.6 is 0 Å². The molecular formula is C20H21N3O4. The second kappa shape index (κ2) is 8.35. The normalized spacial score (nSPS) is 10.6. The molecule has 1 amide bonds. The molecule has 27 heavy (non-hydrogen) atoms. The summed E-state index contributed by atoms with van der Waals surface area (Å²) in [5, 5.41) is 3.19. The first-order valence-corrected chi connectivity index (χ1v) is 8.54. The predicted octanol–water partition coefficient (Wildman–Crippen LogP) is 1.77. The molecule has 0 aliphatic carbocycles. The lowest BCUT2D eigenvalue weighted by Crippen LogP contribution is -2.33. The van der Waals surface area contributed by atoms with Crippen LogP contribution in [0.15, 0.2) is 53.6 Å². The average Bonchev–Trinajstić information content (AvgIpc) is 2.70. The molecule has 1 heterocycles. The monoisotopic (exact) mass is 367 g/mol. The number of methoxy groups -OCH3 is 2. The van der Waals surface area contributed by atoms with Crippen LogP contribution in [0.2, 0.25) is 0 Å². The van der Waals surface area contributed by atoms with Gasteiger partial charge in [-0.1, -0.05) is 30.3 Å². The zero-order valence-corrected chi connectivity index (χ0v) is 15.3. The fourth-order valence-corrected chi connectivity index (χ4v) is 2.80. The zero-order valence-electron chi connectivity index (χ0n) is 15.3. The quantitative estimate of drug-likeness (QED) is 0.688. The molecule has 0 saturated heterocycles. The highest BCUT2D eigenvalue weighted by Crippen LogP contribution is 2.29.